The van der Waals surface area contributed by atoms with Crippen LogP contribution in [0.25, 0.3) is 0 Å². The molecule has 1 aromatic rings. The Labute approximate surface area is 173 Å². The first-order chi connectivity index (χ1) is 14.0. The van der Waals surface area contributed by atoms with Crippen molar-refractivity contribution in [1.29, 1.82) is 0 Å². The van der Waals surface area contributed by atoms with Crippen LogP contribution in [0.4, 0.5) is 0 Å². The Morgan fingerprint density at radius 1 is 1.14 bits per heavy atom. The van der Waals surface area contributed by atoms with Crippen LogP contribution in [0.2, 0.25) is 0 Å². The lowest BCUT2D eigenvalue weighted by atomic mass is 9.66. The molecule has 1 amide bonds. The molecule has 2 N–H and O–H groups in total. The Morgan fingerprint density at radius 3 is 2.69 bits per heavy atom. The van der Waals surface area contributed by atoms with Crippen molar-refractivity contribution in [3.8, 4) is 11.5 Å². The number of hydrogen-bond donors (Lipinski definition) is 2. The molecule has 3 fully saturated rings. The lowest BCUT2D eigenvalue weighted by Gasteiger charge is -2.52. The molecule has 1 aliphatic carbocycles. The SMILES string of the molecule is COc1cc([C@H]2[C@H]3CCCC[C@]3(O)CCN2CC(=O)N2CCCCC2)ccc1O. The molecule has 2 aliphatic heterocycles. The van der Waals surface area contributed by atoms with Gasteiger partial charge in [0.25, 0.3) is 0 Å². The van der Waals surface area contributed by atoms with Gasteiger partial charge in [-0.2, -0.15) is 0 Å². The number of hydrogen-bond acceptors (Lipinski definition) is 5. The molecule has 0 unspecified atom stereocenters. The minimum atomic E-state index is -0.668. The molecular weight excluding hydrogens is 368 g/mol. The summed E-state index contributed by atoms with van der Waals surface area (Å²) in [6.07, 6.45) is 8.06. The van der Waals surface area contributed by atoms with Crippen molar-refractivity contribution in [3.05, 3.63) is 23.8 Å². The van der Waals surface area contributed by atoms with Crippen LogP contribution < -0.4 is 4.74 Å². The van der Waals surface area contributed by atoms with Gasteiger partial charge in [0.1, 0.15) is 0 Å². The number of aliphatic hydroxyl groups is 1. The number of carbonyl (C=O) groups excluding carboxylic acids is 1. The number of piperidine rings is 2. The van der Waals surface area contributed by atoms with Crippen molar-refractivity contribution in [2.75, 3.05) is 33.3 Å². The third-order valence-corrected chi connectivity index (χ3v) is 7.26. The quantitative estimate of drug-likeness (QED) is 0.810. The fraction of sp³-hybridized carbons (Fsp3) is 0.696. The minimum absolute atomic E-state index is 0.0442. The molecule has 3 aliphatic rings. The van der Waals surface area contributed by atoms with Crippen molar-refractivity contribution in [3.63, 3.8) is 0 Å². The van der Waals surface area contributed by atoms with E-state index < -0.39 is 5.60 Å². The monoisotopic (exact) mass is 402 g/mol. The van der Waals surface area contributed by atoms with Gasteiger partial charge in [0.15, 0.2) is 11.5 Å². The molecule has 2 heterocycles. The molecular formula is C23H34N2O4. The van der Waals surface area contributed by atoms with Gasteiger partial charge in [-0.15, -0.1) is 0 Å². The van der Waals surface area contributed by atoms with Crippen LogP contribution in [0, 0.1) is 5.92 Å². The molecule has 29 heavy (non-hydrogen) atoms. The number of rotatable bonds is 4. The fourth-order valence-electron chi connectivity index (χ4n) is 5.66. The van der Waals surface area contributed by atoms with E-state index in [1.807, 2.05) is 17.0 Å². The summed E-state index contributed by atoms with van der Waals surface area (Å²) < 4.78 is 5.34. The molecule has 0 spiro atoms. The highest BCUT2D eigenvalue weighted by Crippen LogP contribution is 2.50. The number of likely N-dealkylation sites (tertiary alicyclic amines) is 2. The zero-order valence-electron chi connectivity index (χ0n) is 17.5. The first-order valence-electron chi connectivity index (χ1n) is 11.1. The van der Waals surface area contributed by atoms with E-state index >= 15 is 0 Å². The third-order valence-electron chi connectivity index (χ3n) is 7.26. The number of benzene rings is 1. The second-order valence-electron chi connectivity index (χ2n) is 8.99. The van der Waals surface area contributed by atoms with Crippen LogP contribution in [0.1, 0.15) is 63.0 Å². The van der Waals surface area contributed by atoms with E-state index in [0.717, 1.165) is 63.6 Å². The molecule has 160 valence electrons. The van der Waals surface area contributed by atoms with Gasteiger partial charge in [0, 0.05) is 31.6 Å². The largest absolute Gasteiger partial charge is 0.504 e. The average molecular weight is 403 g/mol. The van der Waals surface area contributed by atoms with Crippen LogP contribution in [-0.2, 0) is 4.79 Å². The Kier molecular flexibility index (Phi) is 6.02. The molecule has 2 saturated heterocycles. The van der Waals surface area contributed by atoms with Gasteiger partial charge in [0.05, 0.1) is 19.3 Å². The van der Waals surface area contributed by atoms with Gasteiger partial charge in [-0.1, -0.05) is 18.9 Å². The zero-order valence-corrected chi connectivity index (χ0v) is 17.5. The predicted octanol–water partition coefficient (Wildman–Crippen LogP) is 3.08. The number of nitrogens with zero attached hydrogens (tertiary/aromatic N) is 2. The average Bonchev–Trinajstić information content (AvgIpc) is 2.75. The van der Waals surface area contributed by atoms with E-state index in [-0.39, 0.29) is 23.6 Å². The van der Waals surface area contributed by atoms with Crippen LogP contribution in [0.5, 0.6) is 11.5 Å². The van der Waals surface area contributed by atoms with Crippen molar-refractivity contribution in [2.24, 2.45) is 5.92 Å². The zero-order chi connectivity index (χ0) is 20.4. The number of fused-ring (bicyclic) bond motifs is 1. The smallest absolute Gasteiger partial charge is 0.236 e. The van der Waals surface area contributed by atoms with E-state index in [2.05, 4.69) is 4.90 Å². The van der Waals surface area contributed by atoms with E-state index in [9.17, 15) is 15.0 Å². The molecule has 3 atom stereocenters. The Bertz CT molecular complexity index is 734. The summed E-state index contributed by atoms with van der Waals surface area (Å²) in [4.78, 5) is 17.3. The van der Waals surface area contributed by atoms with Crippen molar-refractivity contribution in [2.45, 2.75) is 63.0 Å². The number of carbonyl (C=O) groups is 1. The number of aromatic hydroxyl groups is 1. The summed E-state index contributed by atoms with van der Waals surface area (Å²) in [5.41, 5.74) is 0.342. The fourth-order valence-corrected chi connectivity index (χ4v) is 5.66. The molecule has 1 saturated carbocycles. The van der Waals surface area contributed by atoms with E-state index in [4.69, 9.17) is 4.74 Å². The number of amides is 1. The maximum Gasteiger partial charge on any atom is 0.236 e. The van der Waals surface area contributed by atoms with Gasteiger partial charge < -0.3 is 19.8 Å². The van der Waals surface area contributed by atoms with Gasteiger partial charge in [-0.25, -0.2) is 0 Å². The summed E-state index contributed by atoms with van der Waals surface area (Å²) in [5, 5.41) is 21.5. The van der Waals surface area contributed by atoms with Crippen LogP contribution in [0.3, 0.4) is 0 Å². The molecule has 1 aromatic carbocycles. The third kappa shape index (κ3) is 4.10. The van der Waals surface area contributed by atoms with Crippen molar-refractivity contribution < 1.29 is 19.7 Å². The highest BCUT2D eigenvalue weighted by atomic mass is 16.5. The Hall–Kier alpha value is -1.79. The van der Waals surface area contributed by atoms with Gasteiger partial charge in [-0.3, -0.25) is 9.69 Å². The van der Waals surface area contributed by atoms with Gasteiger partial charge >= 0.3 is 0 Å². The maximum absolute atomic E-state index is 13.0. The van der Waals surface area contributed by atoms with Crippen LogP contribution >= 0.6 is 0 Å². The second-order valence-corrected chi connectivity index (χ2v) is 8.99. The normalized spacial score (nSPS) is 30.6. The summed E-state index contributed by atoms with van der Waals surface area (Å²) in [6, 6.07) is 5.41. The Balaban J connectivity index is 1.63. The number of ether oxygens (including phenoxy) is 1. The number of phenols is 1. The van der Waals surface area contributed by atoms with E-state index in [0.29, 0.717) is 18.8 Å². The van der Waals surface area contributed by atoms with E-state index in [1.54, 1.807) is 13.2 Å². The van der Waals surface area contributed by atoms with Crippen molar-refractivity contribution in [1.82, 2.24) is 9.80 Å². The molecule has 6 nitrogen and oxygen atoms in total. The minimum Gasteiger partial charge on any atom is -0.504 e. The molecule has 6 heteroatoms. The topological polar surface area (TPSA) is 73.2 Å². The lowest BCUT2D eigenvalue weighted by molar-refractivity contribution is -0.145. The highest BCUT2D eigenvalue weighted by Gasteiger charge is 2.49. The molecule has 0 aromatic heterocycles. The second kappa shape index (κ2) is 8.52. The van der Waals surface area contributed by atoms with Gasteiger partial charge in [0.2, 0.25) is 5.91 Å². The summed E-state index contributed by atoms with van der Waals surface area (Å²) in [7, 11) is 1.55. The summed E-state index contributed by atoms with van der Waals surface area (Å²) >= 11 is 0. The standard InChI is InChI=1S/C23H34N2O4/c1-29-20-15-17(8-9-19(20)26)22-18-7-3-4-10-23(18,28)11-14-25(22)16-21(27)24-12-5-2-6-13-24/h8-9,15,18,22,26,28H,2-7,10-14,16H2,1H3/t18-,22+,23+/m1/s1. The maximum atomic E-state index is 13.0. The summed E-state index contributed by atoms with van der Waals surface area (Å²) in [5.74, 6) is 0.840. The number of phenolic OH excluding ortho intramolecular Hbond substituents is 1. The first-order valence-corrected chi connectivity index (χ1v) is 11.1. The van der Waals surface area contributed by atoms with Crippen LogP contribution in [-0.4, -0.2) is 64.8 Å². The highest BCUT2D eigenvalue weighted by molar-refractivity contribution is 5.78. The van der Waals surface area contributed by atoms with Gasteiger partial charge in [-0.05, 0) is 56.2 Å². The summed E-state index contributed by atoms with van der Waals surface area (Å²) in [6.45, 7) is 2.82. The molecule has 0 bridgehead atoms. The predicted molar refractivity (Wildman–Crippen MR) is 111 cm³/mol. The Morgan fingerprint density at radius 2 is 1.93 bits per heavy atom. The van der Waals surface area contributed by atoms with Crippen LogP contribution in [0.15, 0.2) is 18.2 Å². The molecule has 0 radical (unpaired) electrons. The van der Waals surface area contributed by atoms with E-state index in [1.165, 1.54) is 6.42 Å². The lowest BCUT2D eigenvalue weighted by Crippen LogP contribution is -2.56. The first kappa shape index (κ1) is 20.5. The number of methoxy groups -OCH3 is 1. The van der Waals surface area contributed by atoms with Crippen molar-refractivity contribution >= 4 is 5.91 Å². The molecule has 4 rings (SSSR count).